The first kappa shape index (κ1) is 11.3. The van der Waals surface area contributed by atoms with E-state index in [-0.39, 0.29) is 30.0 Å². The molecule has 1 saturated heterocycles. The molecule has 0 spiro atoms. The summed E-state index contributed by atoms with van der Waals surface area (Å²) in [4.78, 5) is 0. The molecule has 0 amide bonds. The molecule has 3 unspecified atom stereocenters. The number of nitrogens with one attached hydrogen (secondary N) is 1. The van der Waals surface area contributed by atoms with Crippen molar-refractivity contribution in [2.75, 3.05) is 11.5 Å². The Morgan fingerprint density at radius 3 is 2.33 bits per heavy atom. The standard InChI is InChI=1S/C7H14N2O4S2/c8-6-3-7(6)9-15(12,13)5-1-2-14(10,11)4-5/h5-7,9H,1-4,8H2. The van der Waals surface area contributed by atoms with Gasteiger partial charge >= 0.3 is 0 Å². The third-order valence-electron chi connectivity index (χ3n) is 2.78. The largest absolute Gasteiger partial charge is 0.326 e. The van der Waals surface area contributed by atoms with Crippen molar-refractivity contribution in [2.24, 2.45) is 5.73 Å². The second kappa shape index (κ2) is 3.41. The highest BCUT2D eigenvalue weighted by Crippen LogP contribution is 2.23. The van der Waals surface area contributed by atoms with Crippen LogP contribution in [0.1, 0.15) is 12.8 Å². The fraction of sp³-hybridized carbons (Fsp3) is 1.00. The molecule has 1 aliphatic heterocycles. The number of rotatable bonds is 3. The van der Waals surface area contributed by atoms with Crippen LogP contribution in [-0.2, 0) is 19.9 Å². The van der Waals surface area contributed by atoms with Gasteiger partial charge in [-0.25, -0.2) is 21.6 Å². The van der Waals surface area contributed by atoms with Crippen molar-refractivity contribution in [3.05, 3.63) is 0 Å². The van der Waals surface area contributed by atoms with Gasteiger partial charge in [-0.3, -0.25) is 0 Å². The van der Waals surface area contributed by atoms with E-state index in [9.17, 15) is 16.8 Å². The van der Waals surface area contributed by atoms with Gasteiger partial charge in [0.05, 0.1) is 16.8 Å². The molecule has 0 bridgehead atoms. The van der Waals surface area contributed by atoms with Gasteiger partial charge in [0.15, 0.2) is 9.84 Å². The molecule has 0 radical (unpaired) electrons. The molecule has 88 valence electrons. The average Bonchev–Trinajstić information content (AvgIpc) is 2.60. The third-order valence-corrected chi connectivity index (χ3v) is 6.68. The zero-order chi connectivity index (χ0) is 11.3. The summed E-state index contributed by atoms with van der Waals surface area (Å²) in [7, 11) is -6.67. The molecule has 0 aromatic carbocycles. The van der Waals surface area contributed by atoms with Crippen LogP contribution in [0.25, 0.3) is 0 Å². The van der Waals surface area contributed by atoms with Gasteiger partial charge in [0.1, 0.15) is 0 Å². The van der Waals surface area contributed by atoms with Crippen molar-refractivity contribution in [2.45, 2.75) is 30.2 Å². The molecule has 2 fully saturated rings. The summed E-state index contributed by atoms with van der Waals surface area (Å²) in [6.07, 6.45) is 0.832. The van der Waals surface area contributed by atoms with E-state index in [1.807, 2.05) is 0 Å². The number of sulfone groups is 1. The Balaban J connectivity index is 2.04. The predicted octanol–water partition coefficient (Wildman–Crippen LogP) is -1.81. The molecule has 1 heterocycles. The smallest absolute Gasteiger partial charge is 0.215 e. The van der Waals surface area contributed by atoms with Crippen LogP contribution in [0.4, 0.5) is 0 Å². The van der Waals surface area contributed by atoms with Crippen molar-refractivity contribution in [3.63, 3.8) is 0 Å². The maximum Gasteiger partial charge on any atom is 0.215 e. The van der Waals surface area contributed by atoms with Crippen molar-refractivity contribution >= 4 is 19.9 Å². The molecule has 3 N–H and O–H groups in total. The van der Waals surface area contributed by atoms with Crippen molar-refractivity contribution < 1.29 is 16.8 Å². The van der Waals surface area contributed by atoms with Crippen LogP contribution in [0.3, 0.4) is 0 Å². The zero-order valence-corrected chi connectivity index (χ0v) is 9.72. The highest BCUT2D eigenvalue weighted by atomic mass is 32.2. The molecular weight excluding hydrogens is 240 g/mol. The summed E-state index contributed by atoms with van der Waals surface area (Å²) in [5.41, 5.74) is 5.48. The number of hydrogen-bond donors (Lipinski definition) is 2. The summed E-state index contributed by atoms with van der Waals surface area (Å²) in [6, 6.07) is -0.309. The summed E-state index contributed by atoms with van der Waals surface area (Å²) in [5, 5.41) is -0.796. The van der Waals surface area contributed by atoms with E-state index in [2.05, 4.69) is 4.72 Å². The Bertz CT molecular complexity index is 455. The quantitative estimate of drug-likeness (QED) is 0.617. The molecule has 3 atom stereocenters. The van der Waals surface area contributed by atoms with E-state index in [4.69, 9.17) is 5.73 Å². The first-order valence-corrected chi connectivity index (χ1v) is 8.14. The minimum atomic E-state index is -3.51. The van der Waals surface area contributed by atoms with E-state index in [0.29, 0.717) is 6.42 Å². The van der Waals surface area contributed by atoms with E-state index in [1.165, 1.54) is 0 Å². The van der Waals surface area contributed by atoms with Crippen molar-refractivity contribution in [3.8, 4) is 0 Å². The highest BCUT2D eigenvalue weighted by molar-refractivity contribution is 7.95. The molecule has 0 aromatic heterocycles. The first-order chi connectivity index (χ1) is 6.80. The molecule has 2 rings (SSSR count). The molecule has 1 aliphatic carbocycles. The molecule has 8 heteroatoms. The second-order valence-corrected chi connectivity index (χ2v) is 8.42. The average molecular weight is 254 g/mol. The normalized spacial score (nSPS) is 39.1. The Morgan fingerprint density at radius 1 is 1.33 bits per heavy atom. The molecule has 1 saturated carbocycles. The Labute approximate surface area is 89.2 Å². The first-order valence-electron chi connectivity index (χ1n) is 4.77. The SMILES string of the molecule is NC1CC1NS(=O)(=O)C1CCS(=O)(=O)C1. The molecule has 6 nitrogen and oxygen atoms in total. The lowest BCUT2D eigenvalue weighted by atomic mass is 10.4. The lowest BCUT2D eigenvalue weighted by molar-refractivity contribution is 0.566. The van der Waals surface area contributed by atoms with Crippen molar-refractivity contribution in [1.29, 1.82) is 0 Å². The van der Waals surface area contributed by atoms with E-state index < -0.39 is 25.1 Å². The second-order valence-electron chi connectivity index (χ2n) is 4.19. The minimum absolute atomic E-state index is 0.0324. The van der Waals surface area contributed by atoms with Gasteiger partial charge in [0.2, 0.25) is 10.0 Å². The lowest BCUT2D eigenvalue weighted by Gasteiger charge is -2.10. The van der Waals surface area contributed by atoms with Gasteiger partial charge in [-0.15, -0.1) is 0 Å². The maximum absolute atomic E-state index is 11.7. The Morgan fingerprint density at radius 2 is 1.93 bits per heavy atom. The maximum atomic E-state index is 11.7. The van der Waals surface area contributed by atoms with E-state index in [0.717, 1.165) is 0 Å². The van der Waals surface area contributed by atoms with Crippen LogP contribution in [0.2, 0.25) is 0 Å². The molecule has 0 aromatic rings. The summed E-state index contributed by atoms with van der Waals surface area (Å²) >= 11 is 0. The Kier molecular flexibility index (Phi) is 2.57. The topological polar surface area (TPSA) is 106 Å². The van der Waals surface area contributed by atoms with Crippen LogP contribution in [0.5, 0.6) is 0 Å². The summed E-state index contributed by atoms with van der Waals surface area (Å²) < 4.78 is 48.1. The van der Waals surface area contributed by atoms with Gasteiger partial charge < -0.3 is 5.73 Å². The number of hydrogen-bond acceptors (Lipinski definition) is 5. The monoisotopic (exact) mass is 254 g/mol. The highest BCUT2D eigenvalue weighted by Gasteiger charge is 2.42. The van der Waals surface area contributed by atoms with Crippen LogP contribution in [-0.4, -0.2) is 45.7 Å². The van der Waals surface area contributed by atoms with Gasteiger partial charge in [-0.2, -0.15) is 0 Å². The van der Waals surface area contributed by atoms with Gasteiger partial charge in [0, 0.05) is 12.1 Å². The third kappa shape index (κ3) is 2.49. The fourth-order valence-electron chi connectivity index (χ4n) is 1.66. The van der Waals surface area contributed by atoms with Crippen molar-refractivity contribution in [1.82, 2.24) is 4.72 Å². The van der Waals surface area contributed by atoms with Crippen LogP contribution < -0.4 is 10.5 Å². The predicted molar refractivity (Wildman–Crippen MR) is 55.5 cm³/mol. The molecule has 15 heavy (non-hydrogen) atoms. The minimum Gasteiger partial charge on any atom is -0.326 e. The van der Waals surface area contributed by atoms with Gasteiger partial charge in [-0.05, 0) is 12.8 Å². The molecular formula is C7H14N2O4S2. The van der Waals surface area contributed by atoms with Crippen LogP contribution >= 0.6 is 0 Å². The van der Waals surface area contributed by atoms with Crippen LogP contribution in [0, 0.1) is 0 Å². The van der Waals surface area contributed by atoms with E-state index in [1.54, 1.807) is 0 Å². The van der Waals surface area contributed by atoms with Gasteiger partial charge in [0.25, 0.3) is 0 Å². The fourth-order valence-corrected chi connectivity index (χ4v) is 6.01. The summed E-state index contributed by atoms with van der Waals surface area (Å²) in [6.45, 7) is 0. The molecule has 2 aliphatic rings. The zero-order valence-electron chi connectivity index (χ0n) is 8.09. The van der Waals surface area contributed by atoms with Crippen LogP contribution in [0.15, 0.2) is 0 Å². The number of nitrogens with two attached hydrogens (primary N) is 1. The number of sulfonamides is 1. The Hall–Kier alpha value is -0.180. The summed E-state index contributed by atoms with van der Waals surface area (Å²) in [5.74, 6) is -0.292. The van der Waals surface area contributed by atoms with Gasteiger partial charge in [-0.1, -0.05) is 0 Å². The van der Waals surface area contributed by atoms with E-state index >= 15 is 0 Å². The lowest BCUT2D eigenvalue weighted by Crippen LogP contribution is -2.38.